The van der Waals surface area contributed by atoms with Crippen molar-refractivity contribution in [2.45, 2.75) is 64.2 Å². The van der Waals surface area contributed by atoms with E-state index in [2.05, 4.69) is 5.32 Å². The molecular weight excluding hydrogens is 653 g/mol. The standard InChI is InChI=1S/C33H35Cl2N3O7S/c1-32(2,3)44-29(39)19-37-18-27(31(41)36-23-10-8-7-9-11-23)26-13-12-24(17-28(26)37)38(20-30(40)45-33(4,5)6)46(42,43)25-15-21(34)14-22(35)16-25/h7-18H,19-20H2,1-6H3,(H,36,41). The first-order valence-corrected chi connectivity index (χ1v) is 16.4. The van der Waals surface area contributed by atoms with Gasteiger partial charge in [-0.25, -0.2) is 8.42 Å². The number of fused-ring (bicyclic) bond motifs is 1. The minimum atomic E-state index is -4.45. The molecule has 1 N–H and O–H groups in total. The largest absolute Gasteiger partial charge is 0.459 e. The molecule has 244 valence electrons. The predicted octanol–water partition coefficient (Wildman–Crippen LogP) is 7.08. The first-order valence-electron chi connectivity index (χ1n) is 14.2. The summed E-state index contributed by atoms with van der Waals surface area (Å²) in [4.78, 5) is 39.1. The highest BCUT2D eigenvalue weighted by Gasteiger charge is 2.31. The van der Waals surface area contributed by atoms with E-state index in [-0.39, 0.29) is 32.7 Å². The summed E-state index contributed by atoms with van der Waals surface area (Å²) in [6, 6.07) is 17.2. The molecule has 3 aromatic carbocycles. The van der Waals surface area contributed by atoms with Crippen molar-refractivity contribution >= 4 is 73.3 Å². The Morgan fingerprint density at radius 3 is 2.00 bits per heavy atom. The van der Waals surface area contributed by atoms with Gasteiger partial charge in [0.05, 0.1) is 21.7 Å². The van der Waals surface area contributed by atoms with Crippen LogP contribution in [0.3, 0.4) is 0 Å². The second kappa shape index (κ2) is 13.4. The highest BCUT2D eigenvalue weighted by molar-refractivity contribution is 7.92. The molecule has 0 unspecified atom stereocenters. The molecule has 0 spiro atoms. The summed E-state index contributed by atoms with van der Waals surface area (Å²) in [6.07, 6.45) is 1.50. The van der Waals surface area contributed by atoms with E-state index < -0.39 is 45.6 Å². The van der Waals surface area contributed by atoms with Gasteiger partial charge >= 0.3 is 11.9 Å². The van der Waals surface area contributed by atoms with Crippen LogP contribution in [0, 0.1) is 0 Å². The molecule has 1 amide bonds. The SMILES string of the molecule is CC(C)(C)OC(=O)CN(c1ccc2c(C(=O)Nc3ccccc3)cn(CC(=O)OC(C)(C)C)c2c1)S(=O)(=O)c1cc(Cl)cc(Cl)c1. The number of esters is 2. The fraction of sp³-hybridized carbons (Fsp3) is 0.303. The average Bonchev–Trinajstić information content (AvgIpc) is 3.27. The highest BCUT2D eigenvalue weighted by atomic mass is 35.5. The third kappa shape index (κ3) is 8.80. The van der Waals surface area contributed by atoms with Crippen LogP contribution in [0.25, 0.3) is 10.9 Å². The molecule has 0 bridgehead atoms. The molecule has 0 aliphatic heterocycles. The van der Waals surface area contributed by atoms with Gasteiger partial charge in [0.1, 0.15) is 24.3 Å². The minimum Gasteiger partial charge on any atom is -0.459 e. The van der Waals surface area contributed by atoms with Gasteiger partial charge in [-0.15, -0.1) is 0 Å². The molecule has 1 aromatic heterocycles. The van der Waals surface area contributed by atoms with Crippen LogP contribution in [0.2, 0.25) is 10.0 Å². The zero-order chi connectivity index (χ0) is 34.0. The minimum absolute atomic E-state index is 0.0630. The quantitative estimate of drug-likeness (QED) is 0.187. The molecule has 46 heavy (non-hydrogen) atoms. The number of benzene rings is 3. The number of hydrogen-bond acceptors (Lipinski definition) is 7. The number of rotatable bonds is 9. The predicted molar refractivity (Wildman–Crippen MR) is 179 cm³/mol. The lowest BCUT2D eigenvalue weighted by molar-refractivity contribution is -0.155. The monoisotopic (exact) mass is 687 g/mol. The molecule has 0 radical (unpaired) electrons. The second-order valence-electron chi connectivity index (χ2n) is 12.5. The molecular formula is C33H35Cl2N3O7S. The van der Waals surface area contributed by atoms with Gasteiger partial charge in [0, 0.05) is 27.3 Å². The molecule has 10 nitrogen and oxygen atoms in total. The second-order valence-corrected chi connectivity index (χ2v) is 15.2. The van der Waals surface area contributed by atoms with Crippen molar-refractivity contribution in [2.75, 3.05) is 16.2 Å². The molecule has 13 heteroatoms. The molecule has 0 saturated carbocycles. The number of amides is 1. The summed E-state index contributed by atoms with van der Waals surface area (Å²) < 4.78 is 41.5. The number of carbonyl (C=O) groups excluding carboxylic acids is 3. The van der Waals surface area contributed by atoms with Gasteiger partial charge in [-0.2, -0.15) is 0 Å². The van der Waals surface area contributed by atoms with E-state index >= 15 is 0 Å². The molecule has 0 fully saturated rings. The Labute approximate surface area is 278 Å². The maximum absolute atomic E-state index is 14.1. The van der Waals surface area contributed by atoms with Crippen LogP contribution in [-0.2, 0) is 35.6 Å². The van der Waals surface area contributed by atoms with Crippen molar-refractivity contribution in [1.29, 1.82) is 0 Å². The van der Waals surface area contributed by atoms with E-state index in [0.717, 1.165) is 4.31 Å². The summed E-state index contributed by atoms with van der Waals surface area (Å²) >= 11 is 12.3. The van der Waals surface area contributed by atoms with E-state index in [4.69, 9.17) is 32.7 Å². The Balaban J connectivity index is 1.87. The number of halogens is 2. The molecule has 0 aliphatic rings. The van der Waals surface area contributed by atoms with Crippen LogP contribution >= 0.6 is 23.2 Å². The number of nitrogens with one attached hydrogen (secondary N) is 1. The number of anilines is 2. The smallest absolute Gasteiger partial charge is 0.327 e. The van der Waals surface area contributed by atoms with Crippen LogP contribution in [0.4, 0.5) is 11.4 Å². The maximum atomic E-state index is 14.1. The van der Waals surface area contributed by atoms with Gasteiger partial charge < -0.3 is 19.4 Å². The fourth-order valence-corrected chi connectivity index (χ4v) is 6.72. The first kappa shape index (κ1) is 34.8. The van der Waals surface area contributed by atoms with Gasteiger partial charge in [0.25, 0.3) is 15.9 Å². The number of ether oxygens (including phenoxy) is 2. The molecule has 0 saturated heterocycles. The van der Waals surface area contributed by atoms with E-state index in [1.54, 1.807) is 71.9 Å². The zero-order valence-corrected chi connectivity index (χ0v) is 28.6. The molecule has 0 aliphatic carbocycles. The Kier molecular flexibility index (Phi) is 10.1. The van der Waals surface area contributed by atoms with Crippen molar-refractivity contribution in [3.05, 3.63) is 88.5 Å². The van der Waals surface area contributed by atoms with Crippen molar-refractivity contribution < 1.29 is 32.3 Å². The molecule has 4 rings (SSSR count). The van der Waals surface area contributed by atoms with E-state index in [1.807, 2.05) is 6.07 Å². The molecule has 4 aromatic rings. The Bertz CT molecular complexity index is 1870. The third-order valence-corrected chi connectivity index (χ3v) is 8.45. The number of nitrogens with zero attached hydrogens (tertiary/aromatic N) is 2. The Morgan fingerprint density at radius 2 is 1.41 bits per heavy atom. The van der Waals surface area contributed by atoms with Crippen molar-refractivity contribution in [3.8, 4) is 0 Å². The summed E-state index contributed by atoms with van der Waals surface area (Å²) in [7, 11) is -4.45. The average molecular weight is 689 g/mol. The summed E-state index contributed by atoms with van der Waals surface area (Å²) in [5.41, 5.74) is -0.457. The van der Waals surface area contributed by atoms with Gasteiger partial charge in [0.2, 0.25) is 0 Å². The fourth-order valence-electron chi connectivity index (χ4n) is 4.59. The van der Waals surface area contributed by atoms with Gasteiger partial charge in [-0.1, -0.05) is 41.4 Å². The van der Waals surface area contributed by atoms with Crippen LogP contribution in [0.5, 0.6) is 0 Å². The number of aromatic nitrogens is 1. The lowest BCUT2D eigenvalue weighted by Gasteiger charge is -2.26. The van der Waals surface area contributed by atoms with Crippen molar-refractivity contribution in [3.63, 3.8) is 0 Å². The number of hydrogen-bond donors (Lipinski definition) is 1. The third-order valence-electron chi connectivity index (χ3n) is 6.27. The number of carbonyl (C=O) groups is 3. The zero-order valence-electron chi connectivity index (χ0n) is 26.3. The van der Waals surface area contributed by atoms with E-state index in [1.165, 1.54) is 41.1 Å². The Morgan fingerprint density at radius 1 is 0.826 bits per heavy atom. The van der Waals surface area contributed by atoms with Crippen LogP contribution in [0.15, 0.2) is 77.8 Å². The van der Waals surface area contributed by atoms with Gasteiger partial charge in [0.15, 0.2) is 0 Å². The lowest BCUT2D eigenvalue weighted by Crippen LogP contribution is -2.39. The van der Waals surface area contributed by atoms with Gasteiger partial charge in [-0.05, 0) is 90.1 Å². The highest BCUT2D eigenvalue weighted by Crippen LogP contribution is 2.32. The lowest BCUT2D eigenvalue weighted by atomic mass is 10.1. The van der Waals surface area contributed by atoms with Gasteiger partial charge in [-0.3, -0.25) is 18.7 Å². The first-order chi connectivity index (χ1) is 21.3. The topological polar surface area (TPSA) is 124 Å². The van der Waals surface area contributed by atoms with Crippen LogP contribution < -0.4 is 9.62 Å². The Hall–Kier alpha value is -4.06. The summed E-state index contributed by atoms with van der Waals surface area (Å²) in [6.45, 7) is 9.22. The molecule has 0 atom stereocenters. The van der Waals surface area contributed by atoms with Crippen molar-refractivity contribution in [1.82, 2.24) is 4.57 Å². The normalized spacial score (nSPS) is 12.1. The van der Waals surface area contributed by atoms with E-state index in [9.17, 15) is 22.8 Å². The molecule has 1 heterocycles. The summed E-state index contributed by atoms with van der Waals surface area (Å²) in [5, 5.41) is 3.43. The van der Waals surface area contributed by atoms with Crippen LogP contribution in [0.1, 0.15) is 51.9 Å². The van der Waals surface area contributed by atoms with Crippen LogP contribution in [-0.4, -0.2) is 48.6 Å². The maximum Gasteiger partial charge on any atom is 0.327 e. The van der Waals surface area contributed by atoms with Crippen molar-refractivity contribution in [2.24, 2.45) is 0 Å². The number of para-hydroxylation sites is 1. The number of sulfonamides is 1. The summed E-state index contributed by atoms with van der Waals surface area (Å²) in [5.74, 6) is -1.83. The van der Waals surface area contributed by atoms with E-state index in [0.29, 0.717) is 16.6 Å².